The lowest BCUT2D eigenvalue weighted by Gasteiger charge is -2.37. The smallest absolute Gasteiger partial charge is 0.245 e. The van der Waals surface area contributed by atoms with E-state index in [1.54, 1.807) is 18.3 Å². The number of hydrogen-bond donors (Lipinski definition) is 2. The van der Waals surface area contributed by atoms with Crippen LogP contribution in [0.25, 0.3) is 21.8 Å². The molecule has 0 spiro atoms. The molecular formula is C18H21N7OS. The van der Waals surface area contributed by atoms with Gasteiger partial charge in [0.25, 0.3) is 0 Å². The predicted molar refractivity (Wildman–Crippen MR) is 105 cm³/mol. The number of aromatic nitrogens is 5. The summed E-state index contributed by atoms with van der Waals surface area (Å²) in [6.07, 6.45) is 4.22. The molecule has 9 heteroatoms. The van der Waals surface area contributed by atoms with Crippen LogP contribution in [0.2, 0.25) is 0 Å². The van der Waals surface area contributed by atoms with E-state index in [0.29, 0.717) is 29.3 Å². The summed E-state index contributed by atoms with van der Waals surface area (Å²) in [5, 5.41) is 23.3. The van der Waals surface area contributed by atoms with E-state index < -0.39 is 0 Å². The van der Waals surface area contributed by atoms with Crippen LogP contribution >= 0.6 is 11.5 Å². The molecule has 0 amide bonds. The summed E-state index contributed by atoms with van der Waals surface area (Å²) in [6.45, 7) is 6.04. The van der Waals surface area contributed by atoms with Crippen LogP contribution in [0.5, 0.6) is 5.75 Å². The Morgan fingerprint density at radius 3 is 2.81 bits per heavy atom. The number of hydrogen-bond acceptors (Lipinski definition) is 9. The maximum Gasteiger partial charge on any atom is 0.245 e. The highest BCUT2D eigenvalue weighted by atomic mass is 32.1. The van der Waals surface area contributed by atoms with Crippen molar-refractivity contribution in [2.75, 3.05) is 18.0 Å². The van der Waals surface area contributed by atoms with Gasteiger partial charge < -0.3 is 15.3 Å². The summed E-state index contributed by atoms with van der Waals surface area (Å²) < 4.78 is 3.99. The van der Waals surface area contributed by atoms with Crippen molar-refractivity contribution in [3.8, 4) is 27.6 Å². The molecule has 0 unspecified atom stereocenters. The summed E-state index contributed by atoms with van der Waals surface area (Å²) in [4.78, 5) is 10.8. The monoisotopic (exact) mass is 383 g/mol. The molecule has 1 saturated heterocycles. The Morgan fingerprint density at radius 2 is 2.15 bits per heavy atom. The van der Waals surface area contributed by atoms with Gasteiger partial charge in [0.1, 0.15) is 22.8 Å². The minimum absolute atomic E-state index is 0.119. The molecule has 0 saturated carbocycles. The molecule has 8 nitrogen and oxygen atoms in total. The fourth-order valence-corrected chi connectivity index (χ4v) is 3.83. The second kappa shape index (κ2) is 7.53. The topological polar surface area (TPSA) is 100.0 Å². The number of aromatic hydroxyl groups is 1. The van der Waals surface area contributed by atoms with Crippen molar-refractivity contribution >= 4 is 17.5 Å². The van der Waals surface area contributed by atoms with Crippen LogP contribution in [0.1, 0.15) is 20.3 Å². The molecule has 3 aromatic rings. The third-order valence-electron chi connectivity index (χ3n) is 4.66. The number of phenols is 1. The summed E-state index contributed by atoms with van der Waals surface area (Å²) in [5.74, 6) is 0.740. The standard InChI is InChI=1S/C18H21N7OS/c1-3-13-9-25(8-11(2)22-13)18-19-7-15(23-24-18)14-5-4-12(6-16(14)26)17-20-10-21-27-17/h4-7,10-11,13,22,26H,3,8-9H2,1-2H3/t11-,13+/m1/s1. The van der Waals surface area contributed by atoms with Gasteiger partial charge in [0.05, 0.1) is 6.20 Å². The zero-order valence-electron chi connectivity index (χ0n) is 15.2. The highest BCUT2D eigenvalue weighted by Gasteiger charge is 2.24. The van der Waals surface area contributed by atoms with Gasteiger partial charge in [0.15, 0.2) is 0 Å². The zero-order chi connectivity index (χ0) is 18.8. The molecule has 0 aliphatic carbocycles. The van der Waals surface area contributed by atoms with E-state index in [0.717, 1.165) is 30.1 Å². The van der Waals surface area contributed by atoms with Gasteiger partial charge in [-0.25, -0.2) is 9.97 Å². The summed E-state index contributed by atoms with van der Waals surface area (Å²) >= 11 is 1.28. The maximum atomic E-state index is 10.4. The first kappa shape index (κ1) is 17.7. The van der Waals surface area contributed by atoms with E-state index in [-0.39, 0.29) is 5.75 Å². The average Bonchev–Trinajstić information content (AvgIpc) is 3.22. The van der Waals surface area contributed by atoms with Gasteiger partial charge in [-0.05, 0) is 37.0 Å². The van der Waals surface area contributed by atoms with Crippen molar-refractivity contribution in [1.82, 2.24) is 29.9 Å². The lowest BCUT2D eigenvalue weighted by molar-refractivity contribution is 0.376. The van der Waals surface area contributed by atoms with Crippen LogP contribution in [0.15, 0.2) is 30.7 Å². The third kappa shape index (κ3) is 3.74. The van der Waals surface area contributed by atoms with Crippen LogP contribution < -0.4 is 10.2 Å². The van der Waals surface area contributed by atoms with E-state index in [1.807, 2.05) is 6.07 Å². The van der Waals surface area contributed by atoms with E-state index in [4.69, 9.17) is 0 Å². The van der Waals surface area contributed by atoms with Crippen LogP contribution in [-0.2, 0) is 0 Å². The van der Waals surface area contributed by atoms with Crippen LogP contribution in [0.3, 0.4) is 0 Å². The molecule has 1 aliphatic rings. The number of phenolic OH excluding ortho intramolecular Hbond substituents is 1. The third-order valence-corrected chi connectivity index (χ3v) is 5.38. The predicted octanol–water partition coefficient (Wildman–Crippen LogP) is 2.34. The van der Waals surface area contributed by atoms with Crippen molar-refractivity contribution < 1.29 is 5.11 Å². The summed E-state index contributed by atoms with van der Waals surface area (Å²) in [7, 11) is 0. The molecule has 1 aromatic carbocycles. The van der Waals surface area contributed by atoms with Gasteiger partial charge in [-0.1, -0.05) is 13.0 Å². The average molecular weight is 383 g/mol. The van der Waals surface area contributed by atoms with Crippen molar-refractivity contribution in [3.63, 3.8) is 0 Å². The first-order valence-electron chi connectivity index (χ1n) is 8.95. The van der Waals surface area contributed by atoms with E-state index >= 15 is 0 Å². The number of nitrogens with one attached hydrogen (secondary N) is 1. The molecule has 3 heterocycles. The summed E-state index contributed by atoms with van der Waals surface area (Å²) in [5.41, 5.74) is 1.95. The first-order chi connectivity index (χ1) is 13.1. The quantitative estimate of drug-likeness (QED) is 0.708. The van der Waals surface area contributed by atoms with Crippen LogP contribution in [-0.4, -0.2) is 54.8 Å². The molecule has 140 valence electrons. The van der Waals surface area contributed by atoms with Gasteiger partial charge in [-0.3, -0.25) is 0 Å². The van der Waals surface area contributed by atoms with E-state index in [2.05, 4.69) is 48.6 Å². The molecular weight excluding hydrogens is 362 g/mol. The number of anilines is 1. The minimum Gasteiger partial charge on any atom is -0.507 e. The lowest BCUT2D eigenvalue weighted by Crippen LogP contribution is -2.55. The fourth-order valence-electron chi connectivity index (χ4n) is 3.31. The molecule has 1 aliphatic heterocycles. The summed E-state index contributed by atoms with van der Waals surface area (Å²) in [6, 6.07) is 6.15. The van der Waals surface area contributed by atoms with Gasteiger partial charge in [-0.15, -0.1) is 10.2 Å². The van der Waals surface area contributed by atoms with Gasteiger partial charge in [0.2, 0.25) is 5.95 Å². The van der Waals surface area contributed by atoms with Crippen molar-refractivity contribution in [2.45, 2.75) is 32.4 Å². The molecule has 2 aromatic heterocycles. The maximum absolute atomic E-state index is 10.4. The Kier molecular flexibility index (Phi) is 4.95. The van der Waals surface area contributed by atoms with Crippen LogP contribution in [0, 0.1) is 0 Å². The van der Waals surface area contributed by atoms with Gasteiger partial charge in [-0.2, -0.15) is 4.37 Å². The second-order valence-corrected chi connectivity index (χ2v) is 7.48. The molecule has 1 fully saturated rings. The fraction of sp³-hybridized carbons (Fsp3) is 0.389. The molecule has 0 radical (unpaired) electrons. The molecule has 27 heavy (non-hydrogen) atoms. The van der Waals surface area contributed by atoms with Crippen molar-refractivity contribution in [1.29, 1.82) is 0 Å². The largest absolute Gasteiger partial charge is 0.507 e. The van der Waals surface area contributed by atoms with Crippen LogP contribution in [0.4, 0.5) is 5.95 Å². The normalized spacial score (nSPS) is 20.0. The number of nitrogens with zero attached hydrogens (tertiary/aromatic N) is 6. The second-order valence-electron chi connectivity index (χ2n) is 6.70. The number of piperazine rings is 1. The highest BCUT2D eigenvalue weighted by Crippen LogP contribution is 2.32. The molecule has 4 rings (SSSR count). The lowest BCUT2D eigenvalue weighted by atomic mass is 10.1. The molecule has 2 N–H and O–H groups in total. The molecule has 2 atom stereocenters. The van der Waals surface area contributed by atoms with Crippen molar-refractivity contribution in [3.05, 3.63) is 30.7 Å². The first-order valence-corrected chi connectivity index (χ1v) is 9.72. The number of rotatable bonds is 4. The Balaban J connectivity index is 1.55. The zero-order valence-corrected chi connectivity index (χ0v) is 16.0. The Hall–Kier alpha value is -2.65. The highest BCUT2D eigenvalue weighted by molar-refractivity contribution is 7.09. The Labute approximate surface area is 161 Å². The Morgan fingerprint density at radius 1 is 1.26 bits per heavy atom. The Bertz CT molecular complexity index is 901. The minimum atomic E-state index is 0.119. The SMILES string of the molecule is CC[C@H]1CN(c2ncc(-c3ccc(-c4ncns4)cc3O)nn2)C[C@@H](C)N1. The van der Waals surface area contributed by atoms with Crippen molar-refractivity contribution in [2.24, 2.45) is 0 Å². The van der Waals surface area contributed by atoms with Gasteiger partial charge in [0, 0.05) is 36.3 Å². The van der Waals surface area contributed by atoms with E-state index in [9.17, 15) is 5.11 Å². The molecule has 0 bridgehead atoms. The van der Waals surface area contributed by atoms with E-state index in [1.165, 1.54) is 17.9 Å². The number of benzene rings is 1. The van der Waals surface area contributed by atoms with Gasteiger partial charge >= 0.3 is 0 Å².